The van der Waals surface area contributed by atoms with Crippen LogP contribution in [0.2, 0.25) is 0 Å². The highest BCUT2D eigenvalue weighted by molar-refractivity contribution is 5.84. The molecular formula is C47H44N+. The minimum Gasteiger partial charge on any atom is -0.188 e. The molecule has 48 heavy (non-hydrogen) atoms. The van der Waals surface area contributed by atoms with E-state index < -0.39 is 0 Å². The summed E-state index contributed by atoms with van der Waals surface area (Å²) in [5, 5.41) is 0. The Morgan fingerprint density at radius 2 is 1.12 bits per heavy atom. The van der Waals surface area contributed by atoms with Gasteiger partial charge in [0.1, 0.15) is 0 Å². The van der Waals surface area contributed by atoms with E-state index in [9.17, 15) is 0 Å². The van der Waals surface area contributed by atoms with Crippen molar-refractivity contribution in [2.75, 3.05) is 0 Å². The zero-order valence-corrected chi connectivity index (χ0v) is 28.5. The third-order valence-electron chi connectivity index (χ3n) is 11.4. The highest BCUT2D eigenvalue weighted by atomic mass is 15.2. The number of aromatic nitrogens is 1. The molecule has 6 aromatic rings. The molecule has 5 aromatic carbocycles. The van der Waals surface area contributed by atoms with Gasteiger partial charge in [0.15, 0.2) is 6.20 Å². The summed E-state index contributed by atoms with van der Waals surface area (Å²) in [7, 11) is 0. The van der Waals surface area contributed by atoms with Gasteiger partial charge in [0, 0.05) is 24.1 Å². The van der Waals surface area contributed by atoms with Crippen LogP contribution in [0, 0.1) is 0 Å². The number of pyridine rings is 1. The topological polar surface area (TPSA) is 3.88 Å². The predicted octanol–water partition coefficient (Wildman–Crippen LogP) is 12.0. The van der Waals surface area contributed by atoms with Gasteiger partial charge in [0.25, 0.3) is 0 Å². The lowest BCUT2D eigenvalue weighted by atomic mass is 9.78. The monoisotopic (exact) mass is 622 g/mol. The lowest BCUT2D eigenvalue weighted by Crippen LogP contribution is -2.54. The van der Waals surface area contributed by atoms with Crippen molar-refractivity contribution >= 4 is 0 Å². The van der Waals surface area contributed by atoms with E-state index in [-0.39, 0.29) is 11.0 Å². The number of benzene rings is 5. The highest BCUT2D eigenvalue weighted by Gasteiger charge is 2.80. The molecule has 0 bridgehead atoms. The van der Waals surface area contributed by atoms with Crippen LogP contribution in [0.5, 0.6) is 0 Å². The van der Waals surface area contributed by atoms with Gasteiger partial charge in [-0.05, 0) is 111 Å². The predicted molar refractivity (Wildman–Crippen MR) is 202 cm³/mol. The Labute approximate surface area is 286 Å². The number of aryl methyl sites for hydroxylation is 1. The third kappa shape index (κ3) is 4.55. The van der Waals surface area contributed by atoms with Crippen LogP contribution in [0.3, 0.4) is 0 Å². The number of rotatable bonds is 9. The van der Waals surface area contributed by atoms with Crippen molar-refractivity contribution in [3.8, 4) is 55.8 Å². The second kappa shape index (κ2) is 11.9. The Kier molecular flexibility index (Phi) is 7.52. The number of allylic oxidation sites excluding steroid dienone is 1. The Balaban J connectivity index is 1.22. The zero-order chi connectivity index (χ0) is 32.9. The van der Waals surface area contributed by atoms with Gasteiger partial charge in [-0.15, -0.1) is 0 Å². The van der Waals surface area contributed by atoms with Crippen LogP contribution < -0.4 is 4.57 Å². The van der Waals surface area contributed by atoms with E-state index in [1.165, 1.54) is 85.3 Å². The lowest BCUT2D eigenvalue weighted by Gasteiger charge is -2.28. The average molecular weight is 623 g/mol. The minimum atomic E-state index is -0.0237. The zero-order valence-electron chi connectivity index (χ0n) is 28.5. The van der Waals surface area contributed by atoms with Crippen LogP contribution in [0.25, 0.3) is 55.8 Å². The first-order chi connectivity index (χ1) is 23.5. The molecule has 0 saturated heterocycles. The summed E-state index contributed by atoms with van der Waals surface area (Å²) >= 11 is 0. The van der Waals surface area contributed by atoms with Crippen molar-refractivity contribution in [3.63, 3.8) is 0 Å². The van der Waals surface area contributed by atoms with Crippen molar-refractivity contribution in [3.05, 3.63) is 163 Å². The minimum absolute atomic E-state index is 0.00103. The van der Waals surface area contributed by atoms with Crippen molar-refractivity contribution < 1.29 is 4.57 Å². The molecule has 1 aromatic heterocycles. The van der Waals surface area contributed by atoms with Crippen molar-refractivity contribution in [1.82, 2.24) is 0 Å². The molecular weight excluding hydrogens is 579 g/mol. The molecule has 0 spiro atoms. The molecule has 0 radical (unpaired) electrons. The molecule has 0 N–H and O–H groups in total. The molecule has 2 atom stereocenters. The van der Waals surface area contributed by atoms with Crippen LogP contribution in [0.4, 0.5) is 0 Å². The summed E-state index contributed by atoms with van der Waals surface area (Å²) in [4.78, 5) is 0. The molecule has 2 unspecified atom stereocenters. The molecule has 236 valence electrons. The van der Waals surface area contributed by atoms with E-state index in [4.69, 9.17) is 0 Å². The van der Waals surface area contributed by atoms with Gasteiger partial charge >= 0.3 is 0 Å². The van der Waals surface area contributed by atoms with Crippen molar-refractivity contribution in [2.24, 2.45) is 0 Å². The quantitative estimate of drug-likeness (QED) is 0.112. The fraction of sp³-hybridized carbons (Fsp3) is 0.213. The molecule has 1 heteroatoms. The van der Waals surface area contributed by atoms with Crippen LogP contribution in [0.1, 0.15) is 57.6 Å². The summed E-state index contributed by atoms with van der Waals surface area (Å²) in [6.45, 7) is 11.6. The number of fused-ring (bicyclic) bond motifs is 6. The molecule has 1 saturated carbocycles. The highest BCUT2D eigenvalue weighted by Crippen LogP contribution is 2.71. The smallest absolute Gasteiger partial charge is 0.188 e. The van der Waals surface area contributed by atoms with E-state index in [0.717, 1.165) is 19.3 Å². The van der Waals surface area contributed by atoms with Gasteiger partial charge in [0.2, 0.25) is 11.2 Å². The molecule has 0 amide bonds. The Morgan fingerprint density at radius 3 is 1.81 bits per heavy atom. The van der Waals surface area contributed by atoms with Gasteiger partial charge < -0.3 is 0 Å². The molecule has 1 aliphatic heterocycles. The lowest BCUT2D eigenvalue weighted by molar-refractivity contribution is -0.731. The molecule has 2 aliphatic rings. The van der Waals surface area contributed by atoms with Crippen LogP contribution in [0.15, 0.2) is 152 Å². The maximum absolute atomic E-state index is 4.67. The average Bonchev–Trinajstić information content (AvgIpc) is 3.73. The molecule has 1 aliphatic carbocycles. The first kappa shape index (κ1) is 30.3. The standard InChI is InChI=1S/C47H44N/c1-5-8-15-34-21-23-36(24-22-34)41-29-40(35-16-10-9-11-17-35)30-42(31-41)38-19-14-18-37(28-38)39-25-26-44-43(32-39)45-20-12-13-27-48(45)47(7-3)33(4)46(44,47)6-2/h9-14,16-32H,4-8,15H2,1-3H3/q+1. The van der Waals surface area contributed by atoms with Crippen molar-refractivity contribution in [1.29, 1.82) is 0 Å². The van der Waals surface area contributed by atoms with E-state index in [1.54, 1.807) is 0 Å². The molecule has 8 rings (SSSR count). The number of nitrogens with zero attached hydrogens (tertiary/aromatic N) is 1. The van der Waals surface area contributed by atoms with E-state index >= 15 is 0 Å². The Hall–Kier alpha value is -5.01. The fourth-order valence-electron chi connectivity index (χ4n) is 8.88. The van der Waals surface area contributed by atoms with E-state index in [1.807, 2.05) is 0 Å². The van der Waals surface area contributed by atoms with E-state index in [2.05, 4.69) is 172 Å². The van der Waals surface area contributed by atoms with Crippen molar-refractivity contribution in [2.45, 2.75) is 63.8 Å². The summed E-state index contributed by atoms with van der Waals surface area (Å²) in [5.41, 5.74) is 16.7. The number of hydrogen-bond acceptors (Lipinski definition) is 0. The van der Waals surface area contributed by atoms with Gasteiger partial charge in [0.05, 0.1) is 11.0 Å². The fourth-order valence-corrected chi connectivity index (χ4v) is 8.88. The van der Waals surface area contributed by atoms with Crippen LogP contribution >= 0.6 is 0 Å². The van der Waals surface area contributed by atoms with Gasteiger partial charge in [-0.1, -0.05) is 119 Å². The first-order valence-corrected chi connectivity index (χ1v) is 17.8. The van der Waals surface area contributed by atoms with Crippen LogP contribution in [-0.2, 0) is 17.4 Å². The first-order valence-electron chi connectivity index (χ1n) is 17.8. The largest absolute Gasteiger partial charge is 0.213 e. The number of unbranched alkanes of at least 4 members (excludes halogenated alkanes) is 1. The second-order valence-corrected chi connectivity index (χ2v) is 13.7. The summed E-state index contributed by atoms with van der Waals surface area (Å²) in [5.74, 6) is 0. The Bertz CT molecular complexity index is 2150. The van der Waals surface area contributed by atoms with Gasteiger partial charge in [-0.25, -0.2) is 0 Å². The second-order valence-electron chi connectivity index (χ2n) is 13.7. The molecule has 2 heterocycles. The third-order valence-corrected chi connectivity index (χ3v) is 11.4. The summed E-state index contributed by atoms with van der Waals surface area (Å²) in [6.07, 6.45) is 7.97. The number of hydrogen-bond donors (Lipinski definition) is 0. The van der Waals surface area contributed by atoms with Gasteiger partial charge in [-0.3, -0.25) is 0 Å². The Morgan fingerprint density at radius 1 is 0.542 bits per heavy atom. The SMILES string of the molecule is C=C1C2(CC)c3ccc(-c4cccc(-c5cc(-c6ccccc6)cc(-c6ccc(CCCC)cc6)c5)c4)cc3-c3cccc[n+]3C12CC. The maximum Gasteiger partial charge on any atom is 0.213 e. The maximum atomic E-state index is 4.67. The normalized spacial score (nSPS) is 18.9. The van der Waals surface area contributed by atoms with Crippen LogP contribution in [-0.4, -0.2) is 0 Å². The summed E-state index contributed by atoms with van der Waals surface area (Å²) in [6, 6.07) is 49.9. The molecule has 1 nitrogen and oxygen atoms in total. The van der Waals surface area contributed by atoms with E-state index in [0.29, 0.717) is 0 Å². The summed E-state index contributed by atoms with van der Waals surface area (Å²) < 4.78 is 2.52. The van der Waals surface area contributed by atoms with Gasteiger partial charge in [-0.2, -0.15) is 4.57 Å². The molecule has 1 fully saturated rings.